The highest BCUT2D eigenvalue weighted by Gasteiger charge is 2.27. The van der Waals surface area contributed by atoms with E-state index in [0.717, 1.165) is 6.26 Å². The third-order valence-electron chi connectivity index (χ3n) is 3.03. The van der Waals surface area contributed by atoms with E-state index >= 15 is 0 Å². The fraction of sp³-hybridized carbons (Fsp3) is 0.818. The van der Waals surface area contributed by atoms with Gasteiger partial charge >= 0.3 is 12.0 Å². The van der Waals surface area contributed by atoms with Crippen LogP contribution >= 0.6 is 0 Å². The minimum atomic E-state index is -3.19. The van der Waals surface area contributed by atoms with Crippen LogP contribution in [0.3, 0.4) is 0 Å². The Labute approximate surface area is 118 Å². The van der Waals surface area contributed by atoms with Gasteiger partial charge in [-0.1, -0.05) is 0 Å². The van der Waals surface area contributed by atoms with Crippen LogP contribution < -0.4 is 10.0 Å². The van der Waals surface area contributed by atoms with Crippen molar-refractivity contribution in [2.75, 3.05) is 32.4 Å². The van der Waals surface area contributed by atoms with Crippen LogP contribution in [0.5, 0.6) is 0 Å². The molecular weight excluding hydrogens is 286 g/mol. The van der Waals surface area contributed by atoms with Crippen LogP contribution in [0.4, 0.5) is 4.79 Å². The average Bonchev–Trinajstić information content (AvgIpc) is 2.74. The number of carboxylic acids is 1. The Bertz CT molecular complexity index is 451. The Kier molecular flexibility index (Phi) is 6.21. The molecule has 0 radical (unpaired) electrons. The number of hydrogen-bond acceptors (Lipinski definition) is 4. The molecule has 0 aromatic rings. The smallest absolute Gasteiger partial charge is 0.317 e. The Hall–Kier alpha value is -1.35. The van der Waals surface area contributed by atoms with E-state index in [4.69, 9.17) is 5.11 Å². The van der Waals surface area contributed by atoms with E-state index < -0.39 is 16.0 Å². The zero-order valence-electron chi connectivity index (χ0n) is 11.5. The first kappa shape index (κ1) is 16.7. The van der Waals surface area contributed by atoms with Crippen LogP contribution in [0.1, 0.15) is 19.3 Å². The summed E-state index contributed by atoms with van der Waals surface area (Å²) in [6, 6.07) is -0.225. The van der Waals surface area contributed by atoms with Gasteiger partial charge in [0, 0.05) is 32.6 Å². The van der Waals surface area contributed by atoms with E-state index in [9.17, 15) is 18.0 Å². The average molecular weight is 307 g/mol. The zero-order valence-corrected chi connectivity index (χ0v) is 12.3. The molecule has 0 saturated carbocycles. The normalized spacial score (nSPS) is 19.1. The van der Waals surface area contributed by atoms with E-state index in [2.05, 4.69) is 10.0 Å². The maximum atomic E-state index is 11.8. The zero-order chi connectivity index (χ0) is 15.2. The van der Waals surface area contributed by atoms with Crippen molar-refractivity contribution in [2.45, 2.75) is 19.3 Å². The quantitative estimate of drug-likeness (QED) is 0.545. The number of urea groups is 1. The number of carbonyl (C=O) groups excluding carboxylic acids is 1. The lowest BCUT2D eigenvalue weighted by molar-refractivity contribution is -0.138. The number of rotatable bonds is 7. The molecule has 1 atom stereocenters. The van der Waals surface area contributed by atoms with Crippen molar-refractivity contribution in [2.24, 2.45) is 5.92 Å². The maximum absolute atomic E-state index is 11.8. The fourth-order valence-electron chi connectivity index (χ4n) is 2.08. The second kappa shape index (κ2) is 7.44. The predicted octanol–water partition coefficient (Wildman–Crippen LogP) is -0.568. The first-order chi connectivity index (χ1) is 9.28. The van der Waals surface area contributed by atoms with Crippen molar-refractivity contribution in [3.8, 4) is 0 Å². The van der Waals surface area contributed by atoms with E-state index in [1.807, 2.05) is 0 Å². The van der Waals surface area contributed by atoms with Gasteiger partial charge in [0.15, 0.2) is 0 Å². The lowest BCUT2D eigenvalue weighted by Gasteiger charge is -2.17. The minimum absolute atomic E-state index is 0.0187. The van der Waals surface area contributed by atoms with E-state index in [0.29, 0.717) is 32.5 Å². The number of carboxylic acid groups (broad SMARTS) is 1. The molecule has 9 heteroatoms. The number of nitrogens with one attached hydrogen (secondary N) is 2. The van der Waals surface area contributed by atoms with E-state index in [-0.39, 0.29) is 24.9 Å². The van der Waals surface area contributed by atoms with Crippen LogP contribution in [0.15, 0.2) is 0 Å². The van der Waals surface area contributed by atoms with Gasteiger partial charge in [-0.3, -0.25) is 4.79 Å². The van der Waals surface area contributed by atoms with Gasteiger partial charge in [0.1, 0.15) is 0 Å². The van der Waals surface area contributed by atoms with Gasteiger partial charge in [-0.05, 0) is 18.8 Å². The molecule has 116 valence electrons. The topological polar surface area (TPSA) is 116 Å². The molecule has 20 heavy (non-hydrogen) atoms. The van der Waals surface area contributed by atoms with Crippen molar-refractivity contribution in [1.82, 2.24) is 14.9 Å². The molecule has 8 nitrogen and oxygen atoms in total. The first-order valence-electron chi connectivity index (χ1n) is 6.47. The monoisotopic (exact) mass is 307 g/mol. The first-order valence-corrected chi connectivity index (χ1v) is 8.36. The second-order valence-corrected chi connectivity index (χ2v) is 6.78. The maximum Gasteiger partial charge on any atom is 0.317 e. The molecule has 1 heterocycles. The summed E-state index contributed by atoms with van der Waals surface area (Å²) in [6.45, 7) is 1.67. The molecule has 1 fully saturated rings. The number of likely N-dealkylation sites (tertiary alicyclic amines) is 1. The molecular formula is C11H21N3O5S. The lowest BCUT2D eigenvalue weighted by Crippen LogP contribution is -2.39. The van der Waals surface area contributed by atoms with Gasteiger partial charge in [-0.15, -0.1) is 0 Å². The van der Waals surface area contributed by atoms with Crippen molar-refractivity contribution in [1.29, 1.82) is 0 Å². The summed E-state index contributed by atoms with van der Waals surface area (Å²) >= 11 is 0. The molecule has 2 amide bonds. The highest BCUT2D eigenvalue weighted by atomic mass is 32.2. The highest BCUT2D eigenvalue weighted by molar-refractivity contribution is 7.88. The van der Waals surface area contributed by atoms with Crippen LogP contribution in [0.2, 0.25) is 0 Å². The number of nitrogens with zero attached hydrogens (tertiary/aromatic N) is 1. The summed E-state index contributed by atoms with van der Waals surface area (Å²) in [5.41, 5.74) is 0. The number of hydrogen-bond donors (Lipinski definition) is 3. The Morgan fingerprint density at radius 3 is 2.65 bits per heavy atom. The van der Waals surface area contributed by atoms with Gasteiger partial charge in [0.25, 0.3) is 0 Å². The van der Waals surface area contributed by atoms with Crippen molar-refractivity contribution in [3.63, 3.8) is 0 Å². The molecule has 1 aliphatic rings. The van der Waals surface area contributed by atoms with Crippen LogP contribution in [-0.4, -0.2) is 62.9 Å². The summed E-state index contributed by atoms with van der Waals surface area (Å²) in [4.78, 5) is 23.9. The van der Waals surface area contributed by atoms with E-state index in [1.54, 1.807) is 4.90 Å². The summed E-state index contributed by atoms with van der Waals surface area (Å²) in [6.07, 6.45) is 2.38. The molecule has 1 unspecified atom stereocenters. The lowest BCUT2D eigenvalue weighted by atomic mass is 10.1. The van der Waals surface area contributed by atoms with Crippen molar-refractivity contribution >= 4 is 22.0 Å². The number of amides is 2. The highest BCUT2D eigenvalue weighted by Crippen LogP contribution is 2.19. The van der Waals surface area contributed by atoms with Crippen molar-refractivity contribution < 1.29 is 23.1 Å². The van der Waals surface area contributed by atoms with Gasteiger partial charge in [-0.2, -0.15) is 0 Å². The Balaban J connectivity index is 2.16. The minimum Gasteiger partial charge on any atom is -0.481 e. The number of aliphatic carboxylic acids is 1. The molecule has 1 rings (SSSR count). The third kappa shape index (κ3) is 6.71. The molecule has 3 N–H and O–H groups in total. The van der Waals surface area contributed by atoms with Crippen LogP contribution in [0.25, 0.3) is 0 Å². The SMILES string of the molecule is CS(=O)(=O)NCCCNC(=O)N1CCC(CC(=O)O)C1. The van der Waals surface area contributed by atoms with Gasteiger partial charge in [-0.25, -0.2) is 17.9 Å². The number of carbonyl (C=O) groups is 2. The molecule has 0 aromatic carbocycles. The fourth-order valence-corrected chi connectivity index (χ4v) is 2.60. The molecule has 0 bridgehead atoms. The summed E-state index contributed by atoms with van der Waals surface area (Å²) in [5.74, 6) is -0.825. The van der Waals surface area contributed by atoms with Crippen LogP contribution in [0, 0.1) is 5.92 Å². The van der Waals surface area contributed by atoms with Gasteiger partial charge < -0.3 is 15.3 Å². The third-order valence-corrected chi connectivity index (χ3v) is 3.76. The Morgan fingerprint density at radius 2 is 2.05 bits per heavy atom. The Morgan fingerprint density at radius 1 is 1.35 bits per heavy atom. The molecule has 0 aromatic heterocycles. The second-order valence-electron chi connectivity index (χ2n) is 4.95. The molecule has 0 spiro atoms. The standard InChI is InChI=1S/C11H21N3O5S/c1-20(18,19)13-5-2-4-12-11(17)14-6-3-9(8-14)7-10(15)16/h9,13H,2-8H2,1H3,(H,12,17)(H,15,16). The largest absolute Gasteiger partial charge is 0.481 e. The summed E-state index contributed by atoms with van der Waals surface area (Å²) in [5, 5.41) is 11.4. The summed E-state index contributed by atoms with van der Waals surface area (Å²) < 4.78 is 23.9. The van der Waals surface area contributed by atoms with E-state index in [1.165, 1.54) is 0 Å². The van der Waals surface area contributed by atoms with Crippen LogP contribution in [-0.2, 0) is 14.8 Å². The molecule has 0 aliphatic carbocycles. The molecule has 1 aliphatic heterocycles. The van der Waals surface area contributed by atoms with Crippen molar-refractivity contribution in [3.05, 3.63) is 0 Å². The predicted molar refractivity (Wildman–Crippen MR) is 72.8 cm³/mol. The summed E-state index contributed by atoms with van der Waals surface area (Å²) in [7, 11) is -3.19. The molecule has 1 saturated heterocycles. The number of sulfonamides is 1. The van der Waals surface area contributed by atoms with Gasteiger partial charge in [0.2, 0.25) is 10.0 Å². The van der Waals surface area contributed by atoms with Gasteiger partial charge in [0.05, 0.1) is 6.26 Å².